The predicted octanol–water partition coefficient (Wildman–Crippen LogP) is 5.50. The molecular weight excluding hydrogens is 384 g/mol. The summed E-state index contributed by atoms with van der Waals surface area (Å²) in [5, 5.41) is 11.5. The molecule has 29 heavy (non-hydrogen) atoms. The predicted molar refractivity (Wildman–Crippen MR) is 114 cm³/mol. The molecule has 0 bridgehead atoms. The van der Waals surface area contributed by atoms with Crippen LogP contribution >= 0.6 is 11.8 Å². The number of para-hydroxylation sites is 2. The maximum atomic E-state index is 12.3. The number of ether oxygens (including phenoxy) is 2. The molecular formula is C23H20N2O3S. The fourth-order valence-electron chi connectivity index (χ4n) is 2.47. The molecule has 0 aromatic heterocycles. The highest BCUT2D eigenvalue weighted by molar-refractivity contribution is 7.99. The van der Waals surface area contributed by atoms with Gasteiger partial charge >= 0.3 is 0 Å². The largest absolute Gasteiger partial charge is 0.484 e. The van der Waals surface area contributed by atoms with Crippen LogP contribution in [0.1, 0.15) is 6.42 Å². The number of anilines is 1. The number of carbonyl (C=O) groups is 1. The number of nitrogens with zero attached hydrogens (tertiary/aromatic N) is 1. The lowest BCUT2D eigenvalue weighted by atomic mass is 10.3. The van der Waals surface area contributed by atoms with Crippen molar-refractivity contribution in [3.8, 4) is 23.3 Å². The molecule has 0 unspecified atom stereocenters. The van der Waals surface area contributed by atoms with Crippen molar-refractivity contribution in [2.24, 2.45) is 0 Å². The summed E-state index contributed by atoms with van der Waals surface area (Å²) in [5.74, 6) is 2.46. The van der Waals surface area contributed by atoms with Gasteiger partial charge in [0.05, 0.1) is 11.8 Å². The first-order chi connectivity index (χ1) is 14.2. The van der Waals surface area contributed by atoms with Gasteiger partial charge < -0.3 is 14.8 Å². The van der Waals surface area contributed by atoms with Crippen molar-refractivity contribution in [1.29, 1.82) is 5.26 Å². The summed E-state index contributed by atoms with van der Waals surface area (Å²) in [5.41, 5.74) is 0.718. The second-order valence-electron chi connectivity index (χ2n) is 5.98. The minimum Gasteiger partial charge on any atom is -0.484 e. The molecule has 0 aliphatic carbocycles. The summed E-state index contributed by atoms with van der Waals surface area (Å²) in [6.45, 7) is -0.101. The third-order valence-electron chi connectivity index (χ3n) is 3.81. The van der Waals surface area contributed by atoms with E-state index >= 15 is 0 Å². The van der Waals surface area contributed by atoms with Gasteiger partial charge in [0, 0.05) is 17.1 Å². The zero-order chi connectivity index (χ0) is 20.3. The van der Waals surface area contributed by atoms with E-state index in [-0.39, 0.29) is 12.5 Å². The van der Waals surface area contributed by atoms with Gasteiger partial charge in [-0.15, -0.1) is 11.8 Å². The van der Waals surface area contributed by atoms with Crippen molar-refractivity contribution in [3.05, 3.63) is 78.9 Å². The molecule has 1 N–H and O–H groups in total. The molecule has 3 aromatic carbocycles. The Balaban J connectivity index is 1.50. The van der Waals surface area contributed by atoms with Crippen molar-refractivity contribution < 1.29 is 14.3 Å². The summed E-state index contributed by atoms with van der Waals surface area (Å²) in [6, 6.07) is 26.2. The van der Waals surface area contributed by atoms with Crippen LogP contribution in [-0.2, 0) is 4.79 Å². The molecule has 0 spiro atoms. The maximum absolute atomic E-state index is 12.3. The number of amides is 1. The average molecular weight is 404 g/mol. The van der Waals surface area contributed by atoms with Crippen LogP contribution in [0.3, 0.4) is 0 Å². The maximum Gasteiger partial charge on any atom is 0.262 e. The Labute approximate surface area is 174 Å². The Morgan fingerprint density at radius 3 is 2.31 bits per heavy atom. The first-order valence-corrected chi connectivity index (χ1v) is 10.1. The quantitative estimate of drug-likeness (QED) is 0.376. The summed E-state index contributed by atoms with van der Waals surface area (Å²) >= 11 is 1.54. The van der Waals surface area contributed by atoms with Crippen LogP contribution < -0.4 is 14.8 Å². The summed E-state index contributed by atoms with van der Waals surface area (Å²) in [7, 11) is 0. The smallest absolute Gasteiger partial charge is 0.262 e. The highest BCUT2D eigenvalue weighted by atomic mass is 32.2. The Kier molecular flexibility index (Phi) is 7.55. The number of rotatable bonds is 9. The van der Waals surface area contributed by atoms with Crippen LogP contribution in [0.4, 0.5) is 5.69 Å². The third-order valence-corrected chi connectivity index (χ3v) is 4.88. The van der Waals surface area contributed by atoms with Gasteiger partial charge in [0.1, 0.15) is 17.2 Å². The van der Waals surface area contributed by atoms with Gasteiger partial charge in [0.25, 0.3) is 5.91 Å². The number of benzene rings is 3. The molecule has 146 valence electrons. The van der Waals surface area contributed by atoms with Gasteiger partial charge in [0.15, 0.2) is 6.61 Å². The van der Waals surface area contributed by atoms with Crippen molar-refractivity contribution in [2.75, 3.05) is 17.7 Å². The van der Waals surface area contributed by atoms with E-state index < -0.39 is 0 Å². The van der Waals surface area contributed by atoms with E-state index in [4.69, 9.17) is 14.7 Å². The SMILES string of the molecule is N#CCCSc1ccccc1NC(=O)COc1ccc(Oc2ccccc2)cc1. The average Bonchev–Trinajstić information content (AvgIpc) is 2.75. The van der Waals surface area contributed by atoms with Crippen LogP contribution in [0.5, 0.6) is 17.2 Å². The lowest BCUT2D eigenvalue weighted by Gasteiger charge is -2.11. The lowest BCUT2D eigenvalue weighted by Crippen LogP contribution is -2.20. The standard InChI is InChI=1S/C23H20N2O3S/c24-15-6-16-29-22-10-5-4-9-21(22)25-23(26)17-27-18-11-13-20(14-12-18)28-19-7-2-1-3-8-19/h1-5,7-14H,6,16-17H2,(H,25,26). The minimum absolute atomic E-state index is 0.101. The van der Waals surface area contributed by atoms with Crippen molar-refractivity contribution in [3.63, 3.8) is 0 Å². The van der Waals surface area contributed by atoms with E-state index in [0.29, 0.717) is 23.7 Å². The van der Waals surface area contributed by atoms with Gasteiger partial charge in [-0.3, -0.25) is 4.79 Å². The second kappa shape index (κ2) is 10.8. The molecule has 0 saturated carbocycles. The van der Waals surface area contributed by atoms with E-state index in [2.05, 4.69) is 11.4 Å². The number of nitriles is 1. The Hall–Kier alpha value is -3.43. The summed E-state index contributed by atoms with van der Waals surface area (Å²) in [4.78, 5) is 13.2. The topological polar surface area (TPSA) is 71.4 Å². The molecule has 3 aromatic rings. The Morgan fingerprint density at radius 2 is 1.55 bits per heavy atom. The van der Waals surface area contributed by atoms with E-state index in [9.17, 15) is 4.79 Å². The lowest BCUT2D eigenvalue weighted by molar-refractivity contribution is -0.118. The van der Waals surface area contributed by atoms with Crippen LogP contribution in [0, 0.1) is 11.3 Å². The molecule has 0 atom stereocenters. The van der Waals surface area contributed by atoms with Gasteiger partial charge in [-0.05, 0) is 48.5 Å². The van der Waals surface area contributed by atoms with Crippen LogP contribution in [-0.4, -0.2) is 18.3 Å². The number of carbonyl (C=O) groups excluding carboxylic acids is 1. The van der Waals surface area contributed by atoms with Crippen molar-refractivity contribution in [2.45, 2.75) is 11.3 Å². The van der Waals surface area contributed by atoms with Crippen molar-refractivity contribution >= 4 is 23.4 Å². The third kappa shape index (κ3) is 6.59. The molecule has 0 aliphatic heterocycles. The van der Waals surface area contributed by atoms with E-state index in [0.717, 1.165) is 16.3 Å². The second-order valence-corrected chi connectivity index (χ2v) is 7.11. The molecule has 1 amide bonds. The van der Waals surface area contributed by atoms with Gasteiger partial charge in [-0.1, -0.05) is 30.3 Å². The first kappa shape index (κ1) is 20.3. The molecule has 0 saturated heterocycles. The molecule has 0 radical (unpaired) electrons. The molecule has 5 nitrogen and oxygen atoms in total. The van der Waals surface area contributed by atoms with E-state index in [1.54, 1.807) is 24.3 Å². The monoisotopic (exact) mass is 404 g/mol. The van der Waals surface area contributed by atoms with E-state index in [1.807, 2.05) is 54.6 Å². The number of hydrogen-bond donors (Lipinski definition) is 1. The summed E-state index contributed by atoms with van der Waals surface area (Å²) in [6.07, 6.45) is 0.458. The summed E-state index contributed by atoms with van der Waals surface area (Å²) < 4.78 is 11.3. The number of thioether (sulfide) groups is 1. The fourth-order valence-corrected chi connectivity index (χ4v) is 3.33. The zero-order valence-corrected chi connectivity index (χ0v) is 16.5. The Bertz CT molecular complexity index is 969. The highest BCUT2D eigenvalue weighted by Gasteiger charge is 2.08. The fraction of sp³-hybridized carbons (Fsp3) is 0.130. The van der Waals surface area contributed by atoms with E-state index in [1.165, 1.54) is 11.8 Å². The highest BCUT2D eigenvalue weighted by Crippen LogP contribution is 2.27. The normalized spacial score (nSPS) is 10.0. The molecule has 6 heteroatoms. The molecule has 0 fully saturated rings. The molecule has 0 heterocycles. The molecule has 0 aliphatic rings. The van der Waals surface area contributed by atoms with Crippen LogP contribution in [0.2, 0.25) is 0 Å². The minimum atomic E-state index is -0.247. The zero-order valence-electron chi connectivity index (χ0n) is 15.7. The molecule has 3 rings (SSSR count). The number of hydrogen-bond acceptors (Lipinski definition) is 5. The van der Waals surface area contributed by atoms with Gasteiger partial charge in [0.2, 0.25) is 0 Å². The Morgan fingerprint density at radius 1 is 0.897 bits per heavy atom. The first-order valence-electron chi connectivity index (χ1n) is 9.09. The number of nitrogens with one attached hydrogen (secondary N) is 1. The van der Waals surface area contributed by atoms with Crippen LogP contribution in [0.25, 0.3) is 0 Å². The van der Waals surface area contributed by atoms with Gasteiger partial charge in [-0.2, -0.15) is 5.26 Å². The van der Waals surface area contributed by atoms with Crippen LogP contribution in [0.15, 0.2) is 83.8 Å². The van der Waals surface area contributed by atoms with Gasteiger partial charge in [-0.25, -0.2) is 0 Å². The van der Waals surface area contributed by atoms with Crippen molar-refractivity contribution in [1.82, 2.24) is 0 Å².